The summed E-state index contributed by atoms with van der Waals surface area (Å²) < 4.78 is 4.95. The van der Waals surface area contributed by atoms with Crippen LogP contribution in [0.4, 0.5) is 0 Å². The molecule has 0 nitrogen and oxygen atoms in total. The molecule has 2 aromatic carbocycles. The molecule has 18 heavy (non-hydrogen) atoms. The maximum absolute atomic E-state index is 3.65. The minimum Gasteiger partial charge on any atom is -0.135 e. The van der Waals surface area contributed by atoms with E-state index in [9.17, 15) is 0 Å². The molecule has 0 saturated carbocycles. The van der Waals surface area contributed by atoms with E-state index in [2.05, 4.69) is 69.1 Å². The highest BCUT2D eigenvalue weighted by Gasteiger charge is 2.09. The van der Waals surface area contributed by atoms with Crippen LogP contribution in [0.1, 0.15) is 19.4 Å². The van der Waals surface area contributed by atoms with Crippen LogP contribution in [0.25, 0.3) is 20.2 Å². The number of hydrogen-bond donors (Lipinski definition) is 0. The molecule has 3 aromatic rings. The number of halogens is 2. The quantitative estimate of drug-likeness (QED) is 0.394. The van der Waals surface area contributed by atoms with Crippen molar-refractivity contribution in [2.45, 2.75) is 20.8 Å². The summed E-state index contributed by atoms with van der Waals surface area (Å²) in [5, 5.41) is 2.67. The molecular formula is C15H14Br2S. The van der Waals surface area contributed by atoms with E-state index in [-0.39, 0.29) is 0 Å². The Balaban J connectivity index is 0.000000574. The Morgan fingerprint density at radius 1 is 0.944 bits per heavy atom. The van der Waals surface area contributed by atoms with E-state index in [1.165, 1.54) is 25.7 Å². The van der Waals surface area contributed by atoms with Gasteiger partial charge in [-0.25, -0.2) is 0 Å². The Hall–Kier alpha value is -0.380. The van der Waals surface area contributed by atoms with E-state index in [4.69, 9.17) is 0 Å². The van der Waals surface area contributed by atoms with Gasteiger partial charge >= 0.3 is 0 Å². The number of hydrogen-bond acceptors (Lipinski definition) is 1. The summed E-state index contributed by atoms with van der Waals surface area (Å²) in [4.78, 5) is 0. The van der Waals surface area contributed by atoms with Gasteiger partial charge in [-0.05, 0) is 31.2 Å². The summed E-state index contributed by atoms with van der Waals surface area (Å²) in [6.45, 7) is 6.13. The molecule has 1 heterocycles. The molecule has 0 amide bonds. The molecular weight excluding hydrogens is 372 g/mol. The maximum atomic E-state index is 3.65. The van der Waals surface area contributed by atoms with Gasteiger partial charge in [-0.1, -0.05) is 57.3 Å². The summed E-state index contributed by atoms with van der Waals surface area (Å²) in [5.41, 5.74) is 1.31. The summed E-state index contributed by atoms with van der Waals surface area (Å²) in [7, 11) is 0. The average Bonchev–Trinajstić information content (AvgIpc) is 2.69. The lowest BCUT2D eigenvalue weighted by molar-refractivity contribution is 1.50. The molecule has 0 fully saturated rings. The zero-order chi connectivity index (χ0) is 13.3. The van der Waals surface area contributed by atoms with Crippen molar-refractivity contribution >= 4 is 63.4 Å². The average molecular weight is 386 g/mol. The number of thiophene rings is 1. The van der Waals surface area contributed by atoms with Crippen LogP contribution in [0.5, 0.6) is 0 Å². The largest absolute Gasteiger partial charge is 0.135 e. The first-order chi connectivity index (χ1) is 8.65. The highest BCUT2D eigenvalue weighted by Crippen LogP contribution is 2.40. The first-order valence-corrected chi connectivity index (χ1v) is 8.33. The second-order valence-electron chi connectivity index (χ2n) is 3.86. The van der Waals surface area contributed by atoms with Gasteiger partial charge in [0.2, 0.25) is 0 Å². The minimum atomic E-state index is 1.12. The molecule has 0 aliphatic heterocycles. The number of rotatable bonds is 0. The summed E-state index contributed by atoms with van der Waals surface area (Å²) in [6, 6.07) is 10.9. The topological polar surface area (TPSA) is 0 Å². The molecule has 0 aliphatic carbocycles. The van der Waals surface area contributed by atoms with E-state index in [0.717, 1.165) is 8.95 Å². The van der Waals surface area contributed by atoms with Crippen LogP contribution in [0.3, 0.4) is 0 Å². The van der Waals surface area contributed by atoms with E-state index >= 15 is 0 Å². The van der Waals surface area contributed by atoms with Crippen LogP contribution < -0.4 is 0 Å². The van der Waals surface area contributed by atoms with Gasteiger partial charge in [-0.3, -0.25) is 0 Å². The molecule has 0 unspecified atom stereocenters. The second-order valence-corrected chi connectivity index (χ2v) is 6.72. The molecule has 0 atom stereocenters. The van der Waals surface area contributed by atoms with Gasteiger partial charge in [-0.15, -0.1) is 11.3 Å². The third-order valence-electron chi connectivity index (χ3n) is 2.64. The van der Waals surface area contributed by atoms with Gasteiger partial charge in [0.05, 0.1) is 0 Å². The van der Waals surface area contributed by atoms with Crippen LogP contribution in [0.2, 0.25) is 0 Å². The van der Waals surface area contributed by atoms with Crippen LogP contribution in [-0.2, 0) is 0 Å². The zero-order valence-corrected chi connectivity index (χ0v) is 14.5. The fourth-order valence-electron chi connectivity index (χ4n) is 1.94. The lowest BCUT2D eigenvalue weighted by Gasteiger charge is -1.98. The fourth-order valence-corrected chi connectivity index (χ4v) is 4.81. The number of benzene rings is 2. The Labute approximate surface area is 128 Å². The number of aryl methyl sites for hydroxylation is 1. The Bertz CT molecular complexity index is 698. The Morgan fingerprint density at radius 3 is 2.39 bits per heavy atom. The van der Waals surface area contributed by atoms with Gasteiger partial charge in [0.1, 0.15) is 0 Å². The van der Waals surface area contributed by atoms with Crippen molar-refractivity contribution in [3.8, 4) is 0 Å². The van der Waals surface area contributed by atoms with Crippen molar-refractivity contribution in [1.82, 2.24) is 0 Å². The van der Waals surface area contributed by atoms with E-state index in [1.807, 2.05) is 25.2 Å². The Morgan fingerprint density at radius 2 is 1.67 bits per heavy atom. The van der Waals surface area contributed by atoms with Gasteiger partial charge < -0.3 is 0 Å². The molecule has 0 bridgehead atoms. The summed E-state index contributed by atoms with van der Waals surface area (Å²) in [5.74, 6) is 0. The lowest BCUT2D eigenvalue weighted by Crippen LogP contribution is -1.73. The van der Waals surface area contributed by atoms with Crippen molar-refractivity contribution in [3.05, 3.63) is 44.8 Å². The van der Waals surface area contributed by atoms with E-state index in [0.29, 0.717) is 0 Å². The van der Waals surface area contributed by atoms with Crippen LogP contribution in [0, 0.1) is 6.92 Å². The van der Waals surface area contributed by atoms with Gasteiger partial charge in [0, 0.05) is 29.1 Å². The van der Waals surface area contributed by atoms with Gasteiger partial charge in [-0.2, -0.15) is 0 Å². The molecule has 3 rings (SSSR count). The van der Waals surface area contributed by atoms with Gasteiger partial charge in [0.15, 0.2) is 0 Å². The SMILES string of the molecule is CC.Cc1ccc2sc3cc(Br)cc(Br)c3c2c1. The van der Waals surface area contributed by atoms with Crippen LogP contribution >= 0.6 is 43.2 Å². The summed E-state index contributed by atoms with van der Waals surface area (Å²) >= 11 is 9.02. The van der Waals surface area contributed by atoms with Crippen LogP contribution in [-0.4, -0.2) is 0 Å². The molecule has 0 spiro atoms. The monoisotopic (exact) mass is 384 g/mol. The predicted molar refractivity (Wildman–Crippen MR) is 90.8 cm³/mol. The third kappa shape index (κ3) is 2.49. The minimum absolute atomic E-state index is 1.12. The normalized spacial score (nSPS) is 10.5. The van der Waals surface area contributed by atoms with Gasteiger partial charge in [0.25, 0.3) is 0 Å². The highest BCUT2D eigenvalue weighted by molar-refractivity contribution is 9.11. The molecule has 3 heteroatoms. The van der Waals surface area contributed by atoms with E-state index in [1.54, 1.807) is 0 Å². The first kappa shape index (κ1) is 14.0. The van der Waals surface area contributed by atoms with Crippen molar-refractivity contribution in [1.29, 1.82) is 0 Å². The molecule has 1 aromatic heterocycles. The Kier molecular flexibility index (Phi) is 4.46. The third-order valence-corrected chi connectivity index (χ3v) is 4.84. The second kappa shape index (κ2) is 5.72. The highest BCUT2D eigenvalue weighted by atomic mass is 79.9. The maximum Gasteiger partial charge on any atom is 0.0377 e. The first-order valence-electron chi connectivity index (χ1n) is 5.93. The predicted octanol–water partition coefficient (Wildman–Crippen LogP) is 6.91. The zero-order valence-electron chi connectivity index (χ0n) is 10.6. The van der Waals surface area contributed by atoms with Crippen molar-refractivity contribution < 1.29 is 0 Å². The fraction of sp³-hybridized carbons (Fsp3) is 0.200. The van der Waals surface area contributed by atoms with Crippen LogP contribution in [0.15, 0.2) is 39.3 Å². The molecule has 0 saturated heterocycles. The molecule has 0 N–H and O–H groups in total. The van der Waals surface area contributed by atoms with Crippen molar-refractivity contribution in [2.75, 3.05) is 0 Å². The molecule has 0 aliphatic rings. The van der Waals surface area contributed by atoms with Crippen molar-refractivity contribution in [3.63, 3.8) is 0 Å². The smallest absolute Gasteiger partial charge is 0.0377 e. The lowest BCUT2D eigenvalue weighted by atomic mass is 10.1. The van der Waals surface area contributed by atoms with Crippen molar-refractivity contribution in [2.24, 2.45) is 0 Å². The van der Waals surface area contributed by atoms with E-state index < -0.39 is 0 Å². The molecule has 94 valence electrons. The standard InChI is InChI=1S/C13H8Br2S.C2H6/c1-7-2-3-11-9(4-7)13-10(15)5-8(14)6-12(13)16-11;1-2/h2-6H,1H3;1-2H3. The number of fused-ring (bicyclic) bond motifs is 3. The molecule has 0 radical (unpaired) electrons. The summed E-state index contributed by atoms with van der Waals surface area (Å²) in [6.07, 6.45) is 0.